The molecule has 1 aliphatic carbocycles. The summed E-state index contributed by atoms with van der Waals surface area (Å²) in [6.45, 7) is 2.37. The van der Waals surface area contributed by atoms with E-state index in [0.717, 1.165) is 25.8 Å². The summed E-state index contributed by atoms with van der Waals surface area (Å²) in [4.78, 5) is 2.59. The summed E-state index contributed by atoms with van der Waals surface area (Å²) >= 11 is 0. The minimum atomic E-state index is -0.449. The number of rotatable bonds is 1. The van der Waals surface area contributed by atoms with Crippen LogP contribution >= 0.6 is 0 Å². The zero-order chi connectivity index (χ0) is 11.7. The van der Waals surface area contributed by atoms with E-state index in [9.17, 15) is 5.11 Å². The molecule has 2 aliphatic heterocycles. The molecule has 3 aliphatic rings. The van der Waals surface area contributed by atoms with Gasteiger partial charge in [-0.2, -0.15) is 0 Å². The van der Waals surface area contributed by atoms with Crippen LogP contribution in [0.5, 0.6) is 0 Å². The molecule has 2 atom stereocenters. The van der Waals surface area contributed by atoms with Crippen molar-refractivity contribution in [1.82, 2.24) is 4.90 Å². The third-order valence-electron chi connectivity index (χ3n) is 5.02. The van der Waals surface area contributed by atoms with Crippen molar-refractivity contribution >= 4 is 0 Å². The fourth-order valence-corrected chi connectivity index (χ4v) is 3.97. The Hall–Kier alpha value is -0.340. The van der Waals surface area contributed by atoms with E-state index in [-0.39, 0.29) is 0 Å². The number of hydrogen-bond donors (Lipinski definition) is 1. The van der Waals surface area contributed by atoms with E-state index in [1.54, 1.807) is 0 Å². The number of nitrogens with zero attached hydrogens (tertiary/aromatic N) is 1. The second-order valence-electron chi connectivity index (χ2n) is 6.15. The summed E-state index contributed by atoms with van der Waals surface area (Å²) in [5, 5.41) is 11.0. The molecular weight excluding hydrogens is 210 g/mol. The highest BCUT2D eigenvalue weighted by Crippen LogP contribution is 2.39. The maximum atomic E-state index is 11.0. The van der Waals surface area contributed by atoms with E-state index >= 15 is 0 Å². The van der Waals surface area contributed by atoms with Gasteiger partial charge in [0.25, 0.3) is 0 Å². The number of allylic oxidation sites excluding steroid dienone is 1. The van der Waals surface area contributed by atoms with E-state index in [1.165, 1.54) is 50.6 Å². The van der Waals surface area contributed by atoms with Crippen molar-refractivity contribution in [3.8, 4) is 0 Å². The summed E-state index contributed by atoms with van der Waals surface area (Å²) in [7, 11) is 0. The van der Waals surface area contributed by atoms with E-state index in [0.29, 0.717) is 6.04 Å². The zero-order valence-corrected chi connectivity index (χ0v) is 10.8. The smallest absolute Gasteiger partial charge is 0.0883 e. The summed E-state index contributed by atoms with van der Waals surface area (Å²) in [6, 6.07) is 0.665. The van der Waals surface area contributed by atoms with Crippen LogP contribution < -0.4 is 0 Å². The molecule has 0 amide bonds. The van der Waals surface area contributed by atoms with E-state index in [1.807, 2.05) is 0 Å². The molecule has 2 heterocycles. The standard InChI is InChI=1S/C15H25NO/c17-15(13-6-3-1-2-4-7-13)9-11-16-10-5-8-14(16)12-15/h6,14,17H,1-5,7-12H2. The summed E-state index contributed by atoms with van der Waals surface area (Å²) in [5.41, 5.74) is 0.928. The maximum absolute atomic E-state index is 11.0. The van der Waals surface area contributed by atoms with Crippen LogP contribution in [-0.4, -0.2) is 34.7 Å². The van der Waals surface area contributed by atoms with Crippen LogP contribution in [0.3, 0.4) is 0 Å². The molecule has 0 saturated carbocycles. The number of piperidine rings is 1. The zero-order valence-electron chi connectivity index (χ0n) is 10.8. The highest BCUT2D eigenvalue weighted by atomic mass is 16.3. The van der Waals surface area contributed by atoms with E-state index < -0.39 is 5.60 Å². The van der Waals surface area contributed by atoms with Crippen LogP contribution in [0.4, 0.5) is 0 Å². The van der Waals surface area contributed by atoms with Crippen LogP contribution in [0.1, 0.15) is 57.8 Å². The van der Waals surface area contributed by atoms with Crippen molar-refractivity contribution < 1.29 is 5.11 Å². The Labute approximate surface area is 105 Å². The predicted molar refractivity (Wildman–Crippen MR) is 69.9 cm³/mol. The van der Waals surface area contributed by atoms with Crippen LogP contribution in [0, 0.1) is 0 Å². The van der Waals surface area contributed by atoms with Gasteiger partial charge in [-0.3, -0.25) is 0 Å². The highest BCUT2D eigenvalue weighted by Gasteiger charge is 2.41. The fraction of sp³-hybridized carbons (Fsp3) is 0.867. The Kier molecular flexibility index (Phi) is 3.27. The molecule has 3 rings (SSSR count). The average Bonchev–Trinajstić information content (AvgIpc) is 2.61. The minimum Gasteiger partial charge on any atom is -0.385 e. The topological polar surface area (TPSA) is 23.5 Å². The molecule has 2 saturated heterocycles. The van der Waals surface area contributed by atoms with Crippen LogP contribution in [0.2, 0.25) is 0 Å². The maximum Gasteiger partial charge on any atom is 0.0883 e. The summed E-state index contributed by atoms with van der Waals surface area (Å²) in [6.07, 6.45) is 13.2. The first-order valence-electron chi connectivity index (χ1n) is 7.44. The molecule has 0 radical (unpaired) electrons. The van der Waals surface area contributed by atoms with Gasteiger partial charge >= 0.3 is 0 Å². The molecule has 2 fully saturated rings. The van der Waals surface area contributed by atoms with Crippen LogP contribution in [0.15, 0.2) is 11.6 Å². The first-order valence-corrected chi connectivity index (χ1v) is 7.44. The molecule has 96 valence electrons. The lowest BCUT2D eigenvalue weighted by Crippen LogP contribution is -2.48. The van der Waals surface area contributed by atoms with Crippen molar-refractivity contribution in [3.05, 3.63) is 11.6 Å². The van der Waals surface area contributed by atoms with Crippen molar-refractivity contribution in [1.29, 1.82) is 0 Å². The second kappa shape index (κ2) is 4.74. The Morgan fingerprint density at radius 1 is 1.18 bits per heavy atom. The largest absolute Gasteiger partial charge is 0.385 e. The van der Waals surface area contributed by atoms with Crippen molar-refractivity contribution in [2.24, 2.45) is 0 Å². The minimum absolute atomic E-state index is 0.449. The van der Waals surface area contributed by atoms with Gasteiger partial charge in [-0.15, -0.1) is 0 Å². The van der Waals surface area contributed by atoms with Crippen molar-refractivity contribution in [2.45, 2.75) is 69.4 Å². The summed E-state index contributed by atoms with van der Waals surface area (Å²) in [5.74, 6) is 0. The average molecular weight is 235 g/mol. The van der Waals surface area contributed by atoms with Gasteiger partial charge in [0, 0.05) is 12.6 Å². The van der Waals surface area contributed by atoms with Crippen molar-refractivity contribution in [2.75, 3.05) is 13.1 Å². The predicted octanol–water partition coefficient (Wildman–Crippen LogP) is 2.87. The lowest BCUT2D eigenvalue weighted by Gasteiger charge is -2.42. The molecule has 0 spiro atoms. The normalized spacial score (nSPS) is 39.6. The second-order valence-corrected chi connectivity index (χ2v) is 6.15. The molecule has 0 bridgehead atoms. The van der Waals surface area contributed by atoms with Crippen molar-refractivity contribution in [3.63, 3.8) is 0 Å². The lowest BCUT2D eigenvalue weighted by atomic mass is 9.79. The van der Waals surface area contributed by atoms with E-state index in [2.05, 4.69) is 11.0 Å². The fourth-order valence-electron chi connectivity index (χ4n) is 3.97. The molecular formula is C15H25NO. The first-order chi connectivity index (χ1) is 8.28. The lowest BCUT2D eigenvalue weighted by molar-refractivity contribution is -0.00949. The molecule has 0 aromatic carbocycles. The number of aliphatic hydroxyl groups is 1. The quantitative estimate of drug-likeness (QED) is 0.706. The first kappa shape index (κ1) is 11.7. The van der Waals surface area contributed by atoms with Gasteiger partial charge in [0.15, 0.2) is 0 Å². The molecule has 0 aromatic heterocycles. The van der Waals surface area contributed by atoms with Gasteiger partial charge in [0.05, 0.1) is 5.60 Å². The molecule has 2 heteroatoms. The Morgan fingerprint density at radius 3 is 3.06 bits per heavy atom. The molecule has 2 nitrogen and oxygen atoms in total. The molecule has 17 heavy (non-hydrogen) atoms. The Morgan fingerprint density at radius 2 is 2.12 bits per heavy atom. The van der Waals surface area contributed by atoms with Crippen LogP contribution in [0.25, 0.3) is 0 Å². The monoisotopic (exact) mass is 235 g/mol. The van der Waals surface area contributed by atoms with Gasteiger partial charge in [-0.25, -0.2) is 0 Å². The third kappa shape index (κ3) is 2.30. The van der Waals surface area contributed by atoms with Gasteiger partial charge in [0.2, 0.25) is 0 Å². The molecule has 0 aromatic rings. The highest BCUT2D eigenvalue weighted by molar-refractivity contribution is 5.20. The Bertz CT molecular complexity index is 312. The Balaban J connectivity index is 1.74. The number of hydrogen-bond acceptors (Lipinski definition) is 2. The van der Waals surface area contributed by atoms with Gasteiger partial charge in [-0.05, 0) is 63.5 Å². The van der Waals surface area contributed by atoms with Gasteiger partial charge < -0.3 is 10.0 Å². The number of fused-ring (bicyclic) bond motifs is 1. The SMILES string of the molecule is OC1(C2=CCCCCC2)CCN2CCCC2C1. The molecule has 2 unspecified atom stereocenters. The van der Waals surface area contributed by atoms with E-state index in [4.69, 9.17) is 0 Å². The molecule has 1 N–H and O–H groups in total. The van der Waals surface area contributed by atoms with Gasteiger partial charge in [0.1, 0.15) is 0 Å². The van der Waals surface area contributed by atoms with Gasteiger partial charge in [-0.1, -0.05) is 12.5 Å². The third-order valence-corrected chi connectivity index (χ3v) is 5.02. The summed E-state index contributed by atoms with van der Waals surface area (Å²) < 4.78 is 0. The van der Waals surface area contributed by atoms with Crippen LogP contribution in [-0.2, 0) is 0 Å².